The van der Waals surface area contributed by atoms with E-state index >= 15 is 0 Å². The SMILES string of the molecule is COc1cc(NC(=O)COc2ncnc3sc4c(c23)CC[C@H](C)C4)c(C)cc1[N+](=O)[O-]. The molecular weight excluding hydrogens is 420 g/mol. The quantitative estimate of drug-likeness (QED) is 0.452. The second-order valence-corrected chi connectivity index (χ2v) is 8.73. The van der Waals surface area contributed by atoms with Crippen LogP contribution in [0.4, 0.5) is 11.4 Å². The number of amides is 1. The fourth-order valence-electron chi connectivity index (χ4n) is 3.79. The van der Waals surface area contributed by atoms with Gasteiger partial charge in [0.15, 0.2) is 12.4 Å². The predicted octanol–water partition coefficient (Wildman–Crippen LogP) is 4.06. The van der Waals surface area contributed by atoms with Gasteiger partial charge in [-0.1, -0.05) is 6.92 Å². The third-order valence-electron chi connectivity index (χ3n) is 5.39. The summed E-state index contributed by atoms with van der Waals surface area (Å²) in [6, 6.07) is 2.80. The fraction of sp³-hybridized carbons (Fsp3) is 0.381. The first-order chi connectivity index (χ1) is 14.9. The molecule has 0 unspecified atom stereocenters. The van der Waals surface area contributed by atoms with Crippen LogP contribution in [0, 0.1) is 23.0 Å². The van der Waals surface area contributed by atoms with Crippen LogP contribution in [0.2, 0.25) is 0 Å². The van der Waals surface area contributed by atoms with Gasteiger partial charge in [0, 0.05) is 22.7 Å². The number of rotatable bonds is 6. The van der Waals surface area contributed by atoms with Gasteiger partial charge in [-0.15, -0.1) is 11.3 Å². The lowest BCUT2D eigenvalue weighted by atomic mass is 9.89. The van der Waals surface area contributed by atoms with Gasteiger partial charge in [0.05, 0.1) is 17.4 Å². The van der Waals surface area contributed by atoms with Crippen LogP contribution in [0.1, 0.15) is 29.3 Å². The normalized spacial score (nSPS) is 15.4. The lowest BCUT2D eigenvalue weighted by Gasteiger charge is -2.18. The average Bonchev–Trinajstić information content (AvgIpc) is 3.11. The number of carbonyl (C=O) groups is 1. The zero-order valence-electron chi connectivity index (χ0n) is 17.4. The Hall–Kier alpha value is -3.27. The van der Waals surface area contributed by atoms with Gasteiger partial charge >= 0.3 is 5.69 Å². The number of nitrogens with one attached hydrogen (secondary N) is 1. The number of methoxy groups -OCH3 is 1. The van der Waals surface area contributed by atoms with Crippen molar-refractivity contribution >= 4 is 38.8 Å². The highest BCUT2D eigenvalue weighted by Gasteiger charge is 2.24. The van der Waals surface area contributed by atoms with Gasteiger partial charge in [-0.05, 0) is 43.2 Å². The number of aromatic nitrogens is 2. The highest BCUT2D eigenvalue weighted by Crippen LogP contribution is 2.40. The Morgan fingerprint density at radius 2 is 2.19 bits per heavy atom. The molecule has 1 atom stereocenters. The van der Waals surface area contributed by atoms with E-state index in [1.165, 1.54) is 36.0 Å². The molecule has 2 aromatic heterocycles. The van der Waals surface area contributed by atoms with Crippen molar-refractivity contribution in [3.05, 3.63) is 44.6 Å². The highest BCUT2D eigenvalue weighted by atomic mass is 32.1. The first kappa shape index (κ1) is 21.0. The maximum atomic E-state index is 12.5. The Balaban J connectivity index is 1.51. The molecule has 0 fully saturated rings. The summed E-state index contributed by atoms with van der Waals surface area (Å²) in [6.07, 6.45) is 4.53. The molecule has 1 aromatic carbocycles. The molecule has 31 heavy (non-hydrogen) atoms. The van der Waals surface area contributed by atoms with Crippen molar-refractivity contribution in [2.75, 3.05) is 19.0 Å². The Morgan fingerprint density at radius 1 is 1.39 bits per heavy atom. The number of ether oxygens (including phenoxy) is 2. The van der Waals surface area contributed by atoms with Crippen molar-refractivity contribution in [2.45, 2.75) is 33.1 Å². The van der Waals surface area contributed by atoms with E-state index in [1.54, 1.807) is 18.3 Å². The molecule has 1 aliphatic rings. The Kier molecular flexibility index (Phi) is 5.73. The summed E-state index contributed by atoms with van der Waals surface area (Å²) in [5.41, 5.74) is 2.04. The number of benzene rings is 1. The largest absolute Gasteiger partial charge is 0.490 e. The van der Waals surface area contributed by atoms with E-state index in [1.807, 2.05) is 0 Å². The number of nitrogens with zero attached hydrogens (tertiary/aromatic N) is 3. The van der Waals surface area contributed by atoms with E-state index in [0.717, 1.165) is 29.5 Å². The molecule has 162 valence electrons. The molecule has 3 aromatic rings. The van der Waals surface area contributed by atoms with Crippen LogP contribution in [-0.4, -0.2) is 34.5 Å². The molecule has 0 bridgehead atoms. The third kappa shape index (κ3) is 4.15. The molecule has 4 rings (SSSR count). The summed E-state index contributed by atoms with van der Waals surface area (Å²) in [4.78, 5) is 34.0. The van der Waals surface area contributed by atoms with E-state index in [-0.39, 0.29) is 18.0 Å². The zero-order valence-corrected chi connectivity index (χ0v) is 18.2. The summed E-state index contributed by atoms with van der Waals surface area (Å²) in [6.45, 7) is 3.68. The molecule has 0 saturated carbocycles. The number of thiophene rings is 1. The van der Waals surface area contributed by atoms with Crippen LogP contribution in [-0.2, 0) is 17.6 Å². The molecule has 1 amide bonds. The van der Waals surface area contributed by atoms with Gasteiger partial charge in [0.1, 0.15) is 11.2 Å². The average molecular weight is 442 g/mol. The number of nitro benzene ring substituents is 1. The van der Waals surface area contributed by atoms with Crippen LogP contribution in [0.25, 0.3) is 10.2 Å². The third-order valence-corrected chi connectivity index (χ3v) is 6.56. The molecule has 0 aliphatic heterocycles. The summed E-state index contributed by atoms with van der Waals surface area (Å²) in [5.74, 6) is 0.725. The van der Waals surface area contributed by atoms with E-state index in [0.29, 0.717) is 23.0 Å². The molecule has 0 radical (unpaired) electrons. The number of fused-ring (bicyclic) bond motifs is 3. The fourth-order valence-corrected chi connectivity index (χ4v) is 5.13. The summed E-state index contributed by atoms with van der Waals surface area (Å²) >= 11 is 1.66. The minimum atomic E-state index is -0.525. The first-order valence-electron chi connectivity index (χ1n) is 9.88. The van der Waals surface area contributed by atoms with Crippen LogP contribution in [0.3, 0.4) is 0 Å². The van der Waals surface area contributed by atoms with E-state index in [9.17, 15) is 14.9 Å². The second-order valence-electron chi connectivity index (χ2n) is 7.64. The second kappa shape index (κ2) is 8.46. The predicted molar refractivity (Wildman–Crippen MR) is 117 cm³/mol. The van der Waals surface area contributed by atoms with Gasteiger partial charge in [0.2, 0.25) is 5.88 Å². The van der Waals surface area contributed by atoms with Crippen molar-refractivity contribution in [2.24, 2.45) is 5.92 Å². The zero-order chi connectivity index (χ0) is 22.1. The number of nitro groups is 1. The number of hydrogen-bond acceptors (Lipinski definition) is 8. The van der Waals surface area contributed by atoms with Gasteiger partial charge in [-0.25, -0.2) is 9.97 Å². The molecule has 9 nitrogen and oxygen atoms in total. The van der Waals surface area contributed by atoms with Crippen LogP contribution >= 0.6 is 11.3 Å². The lowest BCUT2D eigenvalue weighted by molar-refractivity contribution is -0.385. The van der Waals surface area contributed by atoms with Gasteiger partial charge in [-0.3, -0.25) is 14.9 Å². The van der Waals surface area contributed by atoms with Gasteiger partial charge in [-0.2, -0.15) is 0 Å². The number of carbonyl (C=O) groups excluding carboxylic acids is 1. The van der Waals surface area contributed by atoms with Crippen LogP contribution in [0.15, 0.2) is 18.5 Å². The molecular formula is C21H22N4O5S. The Morgan fingerprint density at radius 3 is 2.94 bits per heavy atom. The van der Waals surface area contributed by atoms with Crippen LogP contribution in [0.5, 0.6) is 11.6 Å². The molecule has 0 spiro atoms. The number of hydrogen-bond donors (Lipinski definition) is 1. The lowest BCUT2D eigenvalue weighted by Crippen LogP contribution is -2.21. The minimum absolute atomic E-state index is 0.0726. The van der Waals surface area contributed by atoms with Crippen molar-refractivity contribution in [3.8, 4) is 11.6 Å². The summed E-state index contributed by atoms with van der Waals surface area (Å²) in [5, 5.41) is 14.8. The van der Waals surface area contributed by atoms with Gasteiger partial charge in [0.25, 0.3) is 5.91 Å². The van der Waals surface area contributed by atoms with Crippen molar-refractivity contribution in [1.29, 1.82) is 0 Å². The number of aryl methyl sites for hydroxylation is 2. The topological polar surface area (TPSA) is 116 Å². The highest BCUT2D eigenvalue weighted by molar-refractivity contribution is 7.18. The minimum Gasteiger partial charge on any atom is -0.490 e. The first-order valence-corrected chi connectivity index (χ1v) is 10.7. The van der Waals surface area contributed by atoms with Crippen molar-refractivity contribution in [1.82, 2.24) is 9.97 Å². The standard InChI is InChI=1S/C21H22N4O5S/c1-11-4-5-13-17(6-11)31-21-19(13)20(22-10-23-21)30-9-18(26)24-14-8-16(29-3)15(25(27)28)7-12(14)2/h7-8,10-11H,4-6,9H2,1-3H3,(H,24,26)/t11-/m0/s1. The smallest absolute Gasteiger partial charge is 0.311 e. The Bertz CT molecular complexity index is 1180. The monoisotopic (exact) mass is 442 g/mol. The molecule has 1 N–H and O–H groups in total. The van der Waals surface area contributed by atoms with Crippen molar-refractivity contribution in [3.63, 3.8) is 0 Å². The maximum absolute atomic E-state index is 12.5. The van der Waals surface area contributed by atoms with Crippen LogP contribution < -0.4 is 14.8 Å². The molecule has 1 aliphatic carbocycles. The van der Waals surface area contributed by atoms with E-state index in [4.69, 9.17) is 9.47 Å². The summed E-state index contributed by atoms with van der Waals surface area (Å²) in [7, 11) is 1.34. The summed E-state index contributed by atoms with van der Waals surface area (Å²) < 4.78 is 10.8. The van der Waals surface area contributed by atoms with E-state index in [2.05, 4.69) is 22.2 Å². The molecule has 0 saturated heterocycles. The Labute approximate surface area is 182 Å². The molecule has 10 heteroatoms. The molecule has 2 heterocycles. The number of anilines is 1. The van der Waals surface area contributed by atoms with Gasteiger partial charge < -0.3 is 14.8 Å². The van der Waals surface area contributed by atoms with Crippen molar-refractivity contribution < 1.29 is 19.2 Å². The van der Waals surface area contributed by atoms with E-state index < -0.39 is 10.8 Å². The maximum Gasteiger partial charge on any atom is 0.311 e.